The zero-order chi connectivity index (χ0) is 21.7. The molecule has 7 nitrogen and oxygen atoms in total. The Morgan fingerprint density at radius 2 is 1.83 bits per heavy atom. The lowest BCUT2D eigenvalue weighted by Crippen LogP contribution is -2.32. The van der Waals surface area contributed by atoms with Crippen molar-refractivity contribution in [3.63, 3.8) is 0 Å². The second-order valence-corrected chi connectivity index (χ2v) is 9.07. The Kier molecular flexibility index (Phi) is 6.99. The fraction of sp³-hybridized carbons (Fsp3) is 0.409. The third-order valence-corrected chi connectivity index (χ3v) is 7.14. The molecule has 1 aliphatic rings. The summed E-state index contributed by atoms with van der Waals surface area (Å²) >= 11 is 0. The van der Waals surface area contributed by atoms with E-state index >= 15 is 0 Å². The Morgan fingerprint density at radius 1 is 1.10 bits per heavy atom. The van der Waals surface area contributed by atoms with Crippen molar-refractivity contribution < 1.29 is 17.9 Å². The molecule has 1 unspecified atom stereocenters. The van der Waals surface area contributed by atoms with Crippen molar-refractivity contribution in [2.75, 3.05) is 30.3 Å². The van der Waals surface area contributed by atoms with Crippen LogP contribution in [0.1, 0.15) is 32.8 Å². The van der Waals surface area contributed by atoms with Gasteiger partial charge in [-0.25, -0.2) is 8.42 Å². The lowest BCUT2D eigenvalue weighted by atomic mass is 10.1. The summed E-state index contributed by atoms with van der Waals surface area (Å²) in [6, 6.07) is 12.4. The molecule has 1 amide bonds. The minimum Gasteiger partial charge on any atom is -0.480 e. The van der Waals surface area contributed by atoms with Gasteiger partial charge in [0.05, 0.1) is 16.3 Å². The summed E-state index contributed by atoms with van der Waals surface area (Å²) in [5.74, 6) is 0.406. The molecule has 0 aromatic heterocycles. The minimum absolute atomic E-state index is 0.152. The fourth-order valence-corrected chi connectivity index (χ4v) is 4.94. The second-order valence-electron chi connectivity index (χ2n) is 7.13. The highest BCUT2D eigenvalue weighted by atomic mass is 32.2. The predicted molar refractivity (Wildman–Crippen MR) is 119 cm³/mol. The Bertz CT molecular complexity index is 978. The molecule has 1 heterocycles. The number of rotatable bonds is 9. The standard InChI is InChI=1S/C22H29N3O4S/c1-4-13-23-18-12-11-17(30(27,28)25(5-2)6-3)15-19(18)24-22(26)21-14-16-9-7-8-10-20(16)29-21/h7-12,15,21,23H,4-6,13-14H2,1-3H3,(H,24,26). The van der Waals surface area contributed by atoms with E-state index in [1.165, 1.54) is 10.4 Å². The zero-order valence-electron chi connectivity index (χ0n) is 17.6. The van der Waals surface area contributed by atoms with Gasteiger partial charge in [0, 0.05) is 26.1 Å². The molecule has 0 bridgehead atoms. The van der Waals surface area contributed by atoms with Gasteiger partial charge < -0.3 is 15.4 Å². The summed E-state index contributed by atoms with van der Waals surface area (Å²) in [5, 5.41) is 6.12. The molecule has 1 aliphatic heterocycles. The third kappa shape index (κ3) is 4.60. The highest BCUT2D eigenvalue weighted by Crippen LogP contribution is 2.31. The molecule has 2 N–H and O–H groups in total. The number of benzene rings is 2. The summed E-state index contributed by atoms with van der Waals surface area (Å²) in [7, 11) is -3.64. The van der Waals surface area contributed by atoms with Crippen LogP contribution in [0, 0.1) is 0 Å². The van der Waals surface area contributed by atoms with E-state index in [4.69, 9.17) is 4.74 Å². The lowest BCUT2D eigenvalue weighted by Gasteiger charge is -2.21. The number of fused-ring (bicyclic) bond motifs is 1. The molecule has 30 heavy (non-hydrogen) atoms. The van der Waals surface area contributed by atoms with E-state index in [-0.39, 0.29) is 10.8 Å². The van der Waals surface area contributed by atoms with E-state index in [0.717, 1.165) is 12.0 Å². The molecule has 0 fully saturated rings. The van der Waals surface area contributed by atoms with Crippen molar-refractivity contribution in [1.29, 1.82) is 0 Å². The average Bonchev–Trinajstić information content (AvgIpc) is 3.18. The number of nitrogens with one attached hydrogen (secondary N) is 2. The summed E-state index contributed by atoms with van der Waals surface area (Å²) in [6.07, 6.45) is 0.731. The predicted octanol–water partition coefficient (Wildman–Crippen LogP) is 3.48. The molecule has 8 heteroatoms. The van der Waals surface area contributed by atoms with Crippen LogP contribution in [-0.2, 0) is 21.2 Å². The SMILES string of the molecule is CCCNc1ccc(S(=O)(=O)N(CC)CC)cc1NC(=O)C1Cc2ccccc2O1. The molecule has 1 atom stereocenters. The molecule has 2 aromatic carbocycles. The Labute approximate surface area is 178 Å². The first kappa shape index (κ1) is 22.1. The number of carbonyl (C=O) groups excluding carboxylic acids is 1. The molecular weight excluding hydrogens is 402 g/mol. The number of amides is 1. The monoisotopic (exact) mass is 431 g/mol. The molecule has 3 rings (SSSR count). The third-order valence-electron chi connectivity index (χ3n) is 5.10. The van der Waals surface area contributed by atoms with Crippen LogP contribution < -0.4 is 15.4 Å². The highest BCUT2D eigenvalue weighted by molar-refractivity contribution is 7.89. The van der Waals surface area contributed by atoms with Crippen LogP contribution in [0.25, 0.3) is 0 Å². The minimum atomic E-state index is -3.64. The van der Waals surface area contributed by atoms with Crippen molar-refractivity contribution in [3.05, 3.63) is 48.0 Å². The van der Waals surface area contributed by atoms with E-state index in [0.29, 0.717) is 43.2 Å². The van der Waals surface area contributed by atoms with E-state index in [1.807, 2.05) is 31.2 Å². The molecule has 0 saturated heterocycles. The smallest absolute Gasteiger partial charge is 0.265 e. The average molecular weight is 432 g/mol. The van der Waals surface area contributed by atoms with Gasteiger partial charge in [0.1, 0.15) is 5.75 Å². The fourth-order valence-electron chi connectivity index (χ4n) is 3.46. The molecule has 0 aliphatic carbocycles. The molecule has 0 radical (unpaired) electrons. The molecular formula is C22H29N3O4S. The highest BCUT2D eigenvalue weighted by Gasteiger charge is 2.30. The number of para-hydroxylation sites is 1. The molecule has 0 spiro atoms. The van der Waals surface area contributed by atoms with Crippen LogP contribution >= 0.6 is 0 Å². The van der Waals surface area contributed by atoms with E-state index in [1.54, 1.807) is 26.0 Å². The van der Waals surface area contributed by atoms with Gasteiger partial charge in [-0.05, 0) is 36.2 Å². The van der Waals surface area contributed by atoms with Crippen LogP contribution in [0.15, 0.2) is 47.4 Å². The van der Waals surface area contributed by atoms with Crippen molar-refractivity contribution in [2.45, 2.75) is 44.6 Å². The van der Waals surface area contributed by atoms with Gasteiger partial charge in [-0.2, -0.15) is 4.31 Å². The number of hydrogen-bond acceptors (Lipinski definition) is 5. The van der Waals surface area contributed by atoms with Crippen molar-refractivity contribution in [3.8, 4) is 5.75 Å². The van der Waals surface area contributed by atoms with Gasteiger partial charge in [-0.3, -0.25) is 4.79 Å². The van der Waals surface area contributed by atoms with Crippen LogP contribution in [0.2, 0.25) is 0 Å². The van der Waals surface area contributed by atoms with Crippen LogP contribution in [0.4, 0.5) is 11.4 Å². The van der Waals surface area contributed by atoms with E-state index in [9.17, 15) is 13.2 Å². The van der Waals surface area contributed by atoms with Crippen molar-refractivity contribution in [2.24, 2.45) is 0 Å². The van der Waals surface area contributed by atoms with Gasteiger partial charge in [-0.15, -0.1) is 0 Å². The quantitative estimate of drug-likeness (QED) is 0.635. The number of sulfonamides is 1. The number of anilines is 2. The molecule has 162 valence electrons. The number of nitrogens with zero attached hydrogens (tertiary/aromatic N) is 1. The second kappa shape index (κ2) is 9.49. The maximum Gasteiger partial charge on any atom is 0.265 e. The lowest BCUT2D eigenvalue weighted by molar-refractivity contribution is -0.122. The van der Waals surface area contributed by atoms with Gasteiger partial charge in [0.25, 0.3) is 5.91 Å². The first-order valence-corrected chi connectivity index (χ1v) is 11.8. The van der Waals surface area contributed by atoms with Crippen LogP contribution in [-0.4, -0.2) is 44.4 Å². The number of ether oxygens (including phenoxy) is 1. The Balaban J connectivity index is 1.87. The summed E-state index contributed by atoms with van der Waals surface area (Å²) in [5.41, 5.74) is 2.10. The maximum atomic E-state index is 12.9. The van der Waals surface area contributed by atoms with Crippen LogP contribution in [0.3, 0.4) is 0 Å². The largest absolute Gasteiger partial charge is 0.480 e. The van der Waals surface area contributed by atoms with Gasteiger partial charge >= 0.3 is 0 Å². The summed E-state index contributed by atoms with van der Waals surface area (Å²) in [4.78, 5) is 13.0. The van der Waals surface area contributed by atoms with Gasteiger partial charge in [-0.1, -0.05) is 39.0 Å². The zero-order valence-corrected chi connectivity index (χ0v) is 18.5. The first-order valence-electron chi connectivity index (χ1n) is 10.3. The number of hydrogen-bond donors (Lipinski definition) is 2. The molecule has 2 aromatic rings. The maximum absolute atomic E-state index is 12.9. The molecule has 0 saturated carbocycles. The topological polar surface area (TPSA) is 87.7 Å². The van der Waals surface area contributed by atoms with E-state index in [2.05, 4.69) is 10.6 Å². The Morgan fingerprint density at radius 3 is 2.50 bits per heavy atom. The summed E-state index contributed by atoms with van der Waals surface area (Å²) in [6.45, 7) is 7.10. The first-order chi connectivity index (χ1) is 14.4. The summed E-state index contributed by atoms with van der Waals surface area (Å²) < 4.78 is 33.0. The number of carbonyl (C=O) groups is 1. The van der Waals surface area contributed by atoms with Crippen molar-refractivity contribution in [1.82, 2.24) is 4.31 Å². The van der Waals surface area contributed by atoms with Crippen LogP contribution in [0.5, 0.6) is 5.75 Å². The van der Waals surface area contributed by atoms with Gasteiger partial charge in [0.2, 0.25) is 10.0 Å². The Hall–Kier alpha value is -2.58. The van der Waals surface area contributed by atoms with E-state index < -0.39 is 16.1 Å². The normalized spacial score (nSPS) is 15.5. The van der Waals surface area contributed by atoms with Crippen molar-refractivity contribution >= 4 is 27.3 Å². The van der Waals surface area contributed by atoms with Gasteiger partial charge in [0.15, 0.2) is 6.10 Å².